The van der Waals surface area contributed by atoms with Crippen LogP contribution in [0, 0.1) is 6.92 Å². The first-order valence-corrected chi connectivity index (χ1v) is 7.35. The molecule has 0 unspecified atom stereocenters. The summed E-state index contributed by atoms with van der Waals surface area (Å²) in [6.45, 7) is 2.45. The zero-order valence-corrected chi connectivity index (χ0v) is 13.1. The minimum atomic E-state index is -0.227. The molecule has 2 N–H and O–H groups in total. The van der Waals surface area contributed by atoms with Crippen molar-refractivity contribution in [3.63, 3.8) is 0 Å². The van der Waals surface area contributed by atoms with Crippen LogP contribution in [0.25, 0.3) is 0 Å². The Morgan fingerprint density at radius 3 is 2.38 bits per heavy atom. The molecule has 5 heteroatoms. The highest BCUT2D eigenvalue weighted by atomic mass is 35.5. The van der Waals surface area contributed by atoms with E-state index in [2.05, 4.69) is 10.6 Å². The first kappa shape index (κ1) is 15.7. The Kier molecular flexibility index (Phi) is 5.48. The number of carbonyl (C=O) groups is 1. The van der Waals surface area contributed by atoms with E-state index < -0.39 is 0 Å². The summed E-state index contributed by atoms with van der Waals surface area (Å²) in [4.78, 5) is 11.8. The van der Waals surface area contributed by atoms with E-state index in [1.165, 1.54) is 0 Å². The normalized spacial score (nSPS) is 10.2. The second kappa shape index (κ2) is 7.34. The van der Waals surface area contributed by atoms with Crippen LogP contribution >= 0.6 is 23.2 Å². The Morgan fingerprint density at radius 1 is 1.05 bits per heavy atom. The van der Waals surface area contributed by atoms with Gasteiger partial charge in [-0.25, -0.2) is 4.79 Å². The van der Waals surface area contributed by atoms with Gasteiger partial charge in [0, 0.05) is 22.3 Å². The summed E-state index contributed by atoms with van der Waals surface area (Å²) in [6.07, 6.45) is 0.754. The van der Waals surface area contributed by atoms with Gasteiger partial charge in [-0.2, -0.15) is 0 Å². The second-order valence-electron chi connectivity index (χ2n) is 4.72. The van der Waals surface area contributed by atoms with E-state index in [0.717, 1.165) is 23.2 Å². The number of halogens is 2. The summed E-state index contributed by atoms with van der Waals surface area (Å²) in [7, 11) is 0. The number of hydrogen-bond donors (Lipinski definition) is 2. The van der Waals surface area contributed by atoms with Crippen LogP contribution in [0.3, 0.4) is 0 Å². The maximum atomic E-state index is 11.8. The highest BCUT2D eigenvalue weighted by Crippen LogP contribution is 2.19. The molecule has 0 aliphatic heterocycles. The molecule has 0 radical (unpaired) electrons. The first-order valence-electron chi connectivity index (χ1n) is 6.60. The number of carbonyl (C=O) groups excluding carboxylic acids is 1. The number of nitrogens with one attached hydrogen (secondary N) is 2. The van der Waals surface area contributed by atoms with Crippen LogP contribution in [-0.2, 0) is 6.42 Å². The lowest BCUT2D eigenvalue weighted by Gasteiger charge is -2.10. The van der Waals surface area contributed by atoms with E-state index in [1.54, 1.807) is 12.1 Å². The van der Waals surface area contributed by atoms with Crippen molar-refractivity contribution in [3.05, 3.63) is 63.6 Å². The van der Waals surface area contributed by atoms with Gasteiger partial charge >= 0.3 is 6.03 Å². The molecule has 0 aliphatic carbocycles. The van der Waals surface area contributed by atoms with E-state index in [-0.39, 0.29) is 6.03 Å². The van der Waals surface area contributed by atoms with Crippen molar-refractivity contribution in [3.8, 4) is 0 Å². The van der Waals surface area contributed by atoms with Crippen LogP contribution in [0.2, 0.25) is 10.0 Å². The smallest absolute Gasteiger partial charge is 0.319 e. The molecule has 2 aromatic rings. The molecule has 2 aromatic carbocycles. The largest absolute Gasteiger partial charge is 0.338 e. The fourth-order valence-electron chi connectivity index (χ4n) is 1.91. The highest BCUT2D eigenvalue weighted by Gasteiger charge is 2.04. The highest BCUT2D eigenvalue weighted by molar-refractivity contribution is 6.31. The van der Waals surface area contributed by atoms with Crippen LogP contribution in [0.5, 0.6) is 0 Å². The molecule has 2 rings (SSSR count). The summed E-state index contributed by atoms with van der Waals surface area (Å²) in [5.41, 5.74) is 2.81. The predicted molar refractivity (Wildman–Crippen MR) is 88.4 cm³/mol. The van der Waals surface area contributed by atoms with Gasteiger partial charge in [-0.3, -0.25) is 0 Å². The second-order valence-corrected chi connectivity index (χ2v) is 5.59. The Labute approximate surface area is 134 Å². The van der Waals surface area contributed by atoms with Crippen molar-refractivity contribution < 1.29 is 4.79 Å². The monoisotopic (exact) mass is 322 g/mol. The molecule has 0 heterocycles. The Bertz CT molecular complexity index is 627. The molecule has 0 fully saturated rings. The van der Waals surface area contributed by atoms with Gasteiger partial charge in [-0.15, -0.1) is 0 Å². The molecule has 3 nitrogen and oxygen atoms in total. The van der Waals surface area contributed by atoms with Gasteiger partial charge in [0.05, 0.1) is 0 Å². The summed E-state index contributed by atoms with van der Waals surface area (Å²) in [5.74, 6) is 0. The Balaban J connectivity index is 1.81. The zero-order chi connectivity index (χ0) is 15.2. The topological polar surface area (TPSA) is 41.1 Å². The molecule has 0 aromatic heterocycles. The van der Waals surface area contributed by atoms with Crippen molar-refractivity contribution in [1.82, 2.24) is 5.32 Å². The quantitative estimate of drug-likeness (QED) is 0.844. The molecule has 2 amide bonds. The zero-order valence-electron chi connectivity index (χ0n) is 11.6. The van der Waals surface area contributed by atoms with Crippen molar-refractivity contribution >= 4 is 34.9 Å². The third-order valence-electron chi connectivity index (χ3n) is 3.05. The van der Waals surface area contributed by atoms with E-state index in [9.17, 15) is 4.79 Å². The van der Waals surface area contributed by atoms with Gasteiger partial charge in [0.15, 0.2) is 0 Å². The van der Waals surface area contributed by atoms with E-state index in [1.807, 2.05) is 37.3 Å². The molecule has 110 valence electrons. The van der Waals surface area contributed by atoms with E-state index in [0.29, 0.717) is 16.6 Å². The standard InChI is InChI=1S/C16H16Cl2N2O/c1-11-10-14(18)6-7-15(11)20-16(21)19-9-8-12-2-4-13(17)5-3-12/h2-7,10H,8-9H2,1H3,(H2,19,20,21). The van der Waals surface area contributed by atoms with E-state index in [4.69, 9.17) is 23.2 Å². The number of rotatable bonds is 4. The van der Waals surface area contributed by atoms with Crippen molar-refractivity contribution in [2.75, 3.05) is 11.9 Å². The third kappa shape index (κ3) is 4.96. The summed E-state index contributed by atoms with van der Waals surface area (Å²) < 4.78 is 0. The fourth-order valence-corrected chi connectivity index (χ4v) is 2.26. The van der Waals surface area contributed by atoms with Gasteiger partial charge < -0.3 is 10.6 Å². The van der Waals surface area contributed by atoms with Crippen molar-refractivity contribution in [2.24, 2.45) is 0 Å². The molecule has 0 aliphatic rings. The minimum Gasteiger partial charge on any atom is -0.338 e. The molecule has 0 atom stereocenters. The number of hydrogen-bond acceptors (Lipinski definition) is 1. The Hall–Kier alpha value is -1.71. The third-order valence-corrected chi connectivity index (χ3v) is 3.54. The molecule has 21 heavy (non-hydrogen) atoms. The molecule has 0 spiro atoms. The van der Waals surface area contributed by atoms with Crippen LogP contribution in [-0.4, -0.2) is 12.6 Å². The molecule has 0 saturated carbocycles. The lowest BCUT2D eigenvalue weighted by molar-refractivity contribution is 0.252. The molecular formula is C16H16Cl2N2O. The minimum absolute atomic E-state index is 0.227. The van der Waals surface area contributed by atoms with Gasteiger partial charge in [-0.05, 0) is 54.8 Å². The van der Waals surface area contributed by atoms with Crippen molar-refractivity contribution in [1.29, 1.82) is 0 Å². The van der Waals surface area contributed by atoms with Crippen LogP contribution in [0.1, 0.15) is 11.1 Å². The average molecular weight is 323 g/mol. The number of benzene rings is 2. The molecule has 0 saturated heterocycles. The van der Waals surface area contributed by atoms with Gasteiger partial charge in [0.1, 0.15) is 0 Å². The van der Waals surface area contributed by atoms with Crippen LogP contribution in [0.15, 0.2) is 42.5 Å². The van der Waals surface area contributed by atoms with Gasteiger partial charge in [0.25, 0.3) is 0 Å². The van der Waals surface area contributed by atoms with Gasteiger partial charge in [0.2, 0.25) is 0 Å². The summed E-state index contributed by atoms with van der Waals surface area (Å²) >= 11 is 11.7. The lowest BCUT2D eigenvalue weighted by atomic mass is 10.1. The lowest BCUT2D eigenvalue weighted by Crippen LogP contribution is -2.30. The Morgan fingerprint density at radius 2 is 1.71 bits per heavy atom. The first-order chi connectivity index (χ1) is 10.0. The number of amides is 2. The van der Waals surface area contributed by atoms with Crippen molar-refractivity contribution in [2.45, 2.75) is 13.3 Å². The van der Waals surface area contributed by atoms with E-state index >= 15 is 0 Å². The van der Waals surface area contributed by atoms with Crippen LogP contribution < -0.4 is 10.6 Å². The summed E-state index contributed by atoms with van der Waals surface area (Å²) in [5, 5.41) is 6.99. The number of anilines is 1. The average Bonchev–Trinajstić information content (AvgIpc) is 2.44. The maximum absolute atomic E-state index is 11.8. The van der Waals surface area contributed by atoms with Gasteiger partial charge in [-0.1, -0.05) is 35.3 Å². The fraction of sp³-hybridized carbons (Fsp3) is 0.188. The number of urea groups is 1. The number of aryl methyl sites for hydroxylation is 1. The van der Waals surface area contributed by atoms with Crippen LogP contribution in [0.4, 0.5) is 10.5 Å². The SMILES string of the molecule is Cc1cc(Cl)ccc1NC(=O)NCCc1ccc(Cl)cc1. The molecule has 0 bridgehead atoms. The molecular weight excluding hydrogens is 307 g/mol. The predicted octanol–water partition coefficient (Wildman–Crippen LogP) is 4.67. The summed E-state index contributed by atoms with van der Waals surface area (Å²) in [6, 6.07) is 12.7. The maximum Gasteiger partial charge on any atom is 0.319 e.